The number of amides is 1. The number of Topliss-reactive ketones (excluding diaryl/α,β-unsaturated/α-hetero) is 1. The molecule has 0 aliphatic heterocycles. The second kappa shape index (κ2) is 8.63. The first-order valence-corrected chi connectivity index (χ1v) is 12.0. The van der Waals surface area contributed by atoms with E-state index in [2.05, 4.69) is 25.7 Å². The molecule has 2 fully saturated rings. The van der Waals surface area contributed by atoms with Gasteiger partial charge in [-0.1, -0.05) is 19.9 Å². The molecular formula is C23H31NO5S. The number of hydrogen-bond donors (Lipinski definition) is 1. The van der Waals surface area contributed by atoms with E-state index < -0.39 is 15.5 Å². The fourth-order valence-corrected chi connectivity index (χ4v) is 5.94. The summed E-state index contributed by atoms with van der Waals surface area (Å²) in [6, 6.07) is 5.93. The Bertz CT molecular complexity index is 919. The molecule has 1 aromatic rings. The number of rotatable bonds is 10. The van der Waals surface area contributed by atoms with E-state index in [0.29, 0.717) is 24.4 Å². The molecule has 1 amide bonds. The van der Waals surface area contributed by atoms with Crippen LogP contribution in [0.25, 0.3) is 0 Å². The quantitative estimate of drug-likeness (QED) is 0.334. The van der Waals surface area contributed by atoms with Crippen molar-refractivity contribution in [3.8, 4) is 0 Å². The summed E-state index contributed by atoms with van der Waals surface area (Å²) in [5, 5.41) is 2.81. The Morgan fingerprint density at radius 1 is 1.27 bits per heavy atom. The summed E-state index contributed by atoms with van der Waals surface area (Å²) < 4.78 is 29.6. The summed E-state index contributed by atoms with van der Waals surface area (Å²) in [5.41, 5.74) is -0.244. The zero-order chi connectivity index (χ0) is 22.0. The summed E-state index contributed by atoms with van der Waals surface area (Å²) in [6.45, 7) is 7.95. The van der Waals surface area contributed by atoms with Crippen LogP contribution in [-0.4, -0.2) is 26.7 Å². The van der Waals surface area contributed by atoms with Crippen LogP contribution in [0.2, 0.25) is 0 Å². The molecule has 0 spiro atoms. The van der Waals surface area contributed by atoms with Gasteiger partial charge in [0.1, 0.15) is 5.78 Å². The van der Waals surface area contributed by atoms with Crippen molar-refractivity contribution in [2.75, 3.05) is 11.9 Å². The molecule has 2 aliphatic carbocycles. The first-order valence-electron chi connectivity index (χ1n) is 10.6. The van der Waals surface area contributed by atoms with Crippen molar-refractivity contribution < 1.29 is 22.2 Å². The summed E-state index contributed by atoms with van der Waals surface area (Å²) in [4.78, 5) is 25.3. The summed E-state index contributed by atoms with van der Waals surface area (Å²) in [5.74, 6) is 0.345. The van der Waals surface area contributed by atoms with Crippen molar-refractivity contribution in [1.82, 2.24) is 0 Å². The third-order valence-corrected chi connectivity index (χ3v) is 8.40. The molecule has 164 valence electrons. The lowest BCUT2D eigenvalue weighted by Crippen LogP contribution is -2.39. The predicted molar refractivity (Wildman–Crippen MR) is 115 cm³/mol. The lowest BCUT2D eigenvalue weighted by Gasteiger charge is -2.36. The van der Waals surface area contributed by atoms with E-state index in [-0.39, 0.29) is 35.0 Å². The van der Waals surface area contributed by atoms with E-state index in [4.69, 9.17) is 4.18 Å². The molecule has 2 unspecified atom stereocenters. The zero-order valence-electron chi connectivity index (χ0n) is 17.8. The van der Waals surface area contributed by atoms with Crippen LogP contribution in [0, 0.1) is 16.7 Å². The van der Waals surface area contributed by atoms with Gasteiger partial charge in [0.15, 0.2) is 0 Å². The minimum atomic E-state index is -3.83. The van der Waals surface area contributed by atoms with Crippen LogP contribution in [0.15, 0.2) is 41.8 Å². The van der Waals surface area contributed by atoms with Gasteiger partial charge in [0.2, 0.25) is 5.91 Å². The fourth-order valence-electron chi connectivity index (χ4n) is 5.00. The molecule has 2 saturated carbocycles. The average Bonchev–Trinajstić information content (AvgIpc) is 3.02. The summed E-state index contributed by atoms with van der Waals surface area (Å²) >= 11 is 0. The Labute approximate surface area is 179 Å². The smallest absolute Gasteiger partial charge is 0.296 e. The van der Waals surface area contributed by atoms with Gasteiger partial charge in [-0.2, -0.15) is 8.42 Å². The third-order valence-electron chi connectivity index (χ3n) is 7.07. The van der Waals surface area contributed by atoms with Gasteiger partial charge in [-0.25, -0.2) is 0 Å². The van der Waals surface area contributed by atoms with Gasteiger partial charge in [0, 0.05) is 23.9 Å². The monoisotopic (exact) mass is 433 g/mol. The number of hydrogen-bond acceptors (Lipinski definition) is 5. The van der Waals surface area contributed by atoms with Gasteiger partial charge >= 0.3 is 0 Å². The van der Waals surface area contributed by atoms with Gasteiger partial charge in [0.05, 0.1) is 11.5 Å². The topological polar surface area (TPSA) is 89.5 Å². The van der Waals surface area contributed by atoms with Gasteiger partial charge < -0.3 is 5.32 Å². The predicted octanol–water partition coefficient (Wildman–Crippen LogP) is 4.47. The zero-order valence-corrected chi connectivity index (χ0v) is 18.6. The Kier molecular flexibility index (Phi) is 6.53. The molecule has 6 nitrogen and oxygen atoms in total. The standard InChI is InChI=1S/C23H31NO5S/c1-4-5-6-7-14-29-30(27,28)19-10-8-18(9-11-19)24-21(26)16-23-13-12-17(15-20(23)25)22(23,2)3/h4,8-11,17H,1,5-7,12-16H2,2-3H3,(H,24,26). The molecule has 3 rings (SSSR count). The second-order valence-corrected chi connectivity index (χ2v) is 10.6. The summed E-state index contributed by atoms with van der Waals surface area (Å²) in [7, 11) is -3.83. The van der Waals surface area contributed by atoms with Crippen molar-refractivity contribution in [2.24, 2.45) is 16.7 Å². The molecule has 30 heavy (non-hydrogen) atoms. The van der Waals surface area contributed by atoms with Crippen molar-refractivity contribution in [2.45, 2.75) is 63.7 Å². The first-order chi connectivity index (χ1) is 14.1. The third kappa shape index (κ3) is 4.23. The highest BCUT2D eigenvalue weighted by molar-refractivity contribution is 7.86. The molecule has 0 aromatic heterocycles. The Morgan fingerprint density at radius 2 is 1.97 bits per heavy atom. The molecule has 2 atom stereocenters. The number of carbonyl (C=O) groups is 2. The maximum absolute atomic E-state index is 12.7. The van der Waals surface area contributed by atoms with Gasteiger partial charge in [-0.05, 0) is 67.7 Å². The van der Waals surface area contributed by atoms with Crippen LogP contribution < -0.4 is 5.32 Å². The second-order valence-electron chi connectivity index (χ2n) is 8.98. The molecule has 1 aromatic carbocycles. The normalized spacial score (nSPS) is 24.7. The number of benzene rings is 1. The van der Waals surface area contributed by atoms with E-state index in [9.17, 15) is 18.0 Å². The Hall–Kier alpha value is -1.99. The minimum absolute atomic E-state index is 0.0496. The number of carbonyl (C=O) groups excluding carboxylic acids is 2. The Balaban J connectivity index is 1.58. The number of nitrogens with one attached hydrogen (secondary N) is 1. The number of allylic oxidation sites excluding steroid dienone is 1. The van der Waals surface area contributed by atoms with Crippen LogP contribution in [0.1, 0.15) is 58.8 Å². The maximum atomic E-state index is 12.7. The molecule has 0 radical (unpaired) electrons. The van der Waals surface area contributed by atoms with E-state index in [1.807, 2.05) is 0 Å². The van der Waals surface area contributed by atoms with Crippen molar-refractivity contribution in [1.29, 1.82) is 0 Å². The fraction of sp³-hybridized carbons (Fsp3) is 0.565. The van der Waals surface area contributed by atoms with E-state index in [1.165, 1.54) is 12.1 Å². The number of fused-ring (bicyclic) bond motifs is 2. The number of ketones is 1. The van der Waals surface area contributed by atoms with E-state index in [0.717, 1.165) is 25.7 Å². The average molecular weight is 434 g/mol. The molecular weight excluding hydrogens is 402 g/mol. The number of unbranched alkanes of at least 4 members (excludes halogenated alkanes) is 2. The van der Waals surface area contributed by atoms with Gasteiger partial charge in [-0.15, -0.1) is 6.58 Å². The van der Waals surface area contributed by atoms with Crippen LogP contribution >= 0.6 is 0 Å². The van der Waals surface area contributed by atoms with Crippen molar-refractivity contribution >= 4 is 27.5 Å². The molecule has 7 heteroatoms. The first kappa shape index (κ1) is 22.7. The van der Waals surface area contributed by atoms with Crippen LogP contribution in [-0.2, 0) is 23.9 Å². The van der Waals surface area contributed by atoms with E-state index >= 15 is 0 Å². The van der Waals surface area contributed by atoms with Crippen molar-refractivity contribution in [3.05, 3.63) is 36.9 Å². The lowest BCUT2D eigenvalue weighted by atomic mass is 9.67. The largest absolute Gasteiger partial charge is 0.326 e. The van der Waals surface area contributed by atoms with Crippen LogP contribution in [0.4, 0.5) is 5.69 Å². The molecule has 0 saturated heterocycles. The highest BCUT2D eigenvalue weighted by atomic mass is 32.2. The van der Waals surface area contributed by atoms with Crippen LogP contribution in [0.5, 0.6) is 0 Å². The number of anilines is 1. The Morgan fingerprint density at radius 3 is 2.53 bits per heavy atom. The van der Waals surface area contributed by atoms with Gasteiger partial charge in [0.25, 0.3) is 10.1 Å². The molecule has 2 bridgehead atoms. The minimum Gasteiger partial charge on any atom is -0.326 e. The maximum Gasteiger partial charge on any atom is 0.296 e. The highest BCUT2D eigenvalue weighted by Crippen LogP contribution is 2.65. The van der Waals surface area contributed by atoms with Crippen molar-refractivity contribution in [3.63, 3.8) is 0 Å². The molecule has 0 heterocycles. The molecule has 2 aliphatic rings. The molecule has 1 N–H and O–H groups in total. The van der Waals surface area contributed by atoms with E-state index in [1.54, 1.807) is 18.2 Å². The highest BCUT2D eigenvalue weighted by Gasteiger charge is 2.64. The summed E-state index contributed by atoms with van der Waals surface area (Å²) in [6.07, 6.45) is 6.56. The SMILES string of the molecule is C=CCCCCOS(=O)(=O)c1ccc(NC(=O)CC23CCC(CC2=O)C3(C)C)cc1. The van der Waals surface area contributed by atoms with Gasteiger partial charge in [-0.3, -0.25) is 13.8 Å². The van der Waals surface area contributed by atoms with Crippen LogP contribution in [0.3, 0.4) is 0 Å². The lowest BCUT2D eigenvalue weighted by molar-refractivity contribution is -0.134.